The van der Waals surface area contributed by atoms with Gasteiger partial charge in [0.05, 0.1) is 15.1 Å². The number of thiazole rings is 1. The fraction of sp³-hybridized carbons (Fsp3) is 0.125. The van der Waals surface area contributed by atoms with Gasteiger partial charge in [-0.1, -0.05) is 29.0 Å². The molecular weight excluding hydrogens is 332 g/mol. The summed E-state index contributed by atoms with van der Waals surface area (Å²) in [4.78, 5) is 16.7. The lowest BCUT2D eigenvalue weighted by atomic mass is 10.1. The molecule has 0 unspecified atom stereocenters. The van der Waals surface area contributed by atoms with E-state index < -0.39 is 9.84 Å². The van der Waals surface area contributed by atoms with E-state index in [0.717, 1.165) is 11.8 Å². The summed E-state index contributed by atoms with van der Waals surface area (Å²) in [5, 5.41) is 3.19. The zero-order valence-corrected chi connectivity index (χ0v) is 14.2. The molecule has 0 aliphatic carbocycles. The Morgan fingerprint density at radius 1 is 1.13 bits per heavy atom. The van der Waals surface area contributed by atoms with Crippen molar-refractivity contribution in [1.29, 1.82) is 0 Å². The second-order valence-corrected chi connectivity index (χ2v) is 8.29. The summed E-state index contributed by atoms with van der Waals surface area (Å²) < 4.78 is 23.9. The van der Waals surface area contributed by atoms with Crippen molar-refractivity contribution in [2.75, 3.05) is 11.6 Å². The number of nitrogens with zero attached hydrogens (tertiary/aromatic N) is 1. The Morgan fingerprint density at radius 3 is 2.48 bits per heavy atom. The molecule has 23 heavy (non-hydrogen) atoms. The number of sulfone groups is 1. The summed E-state index contributed by atoms with van der Waals surface area (Å²) in [5.41, 5.74) is 2.28. The third-order valence-corrected chi connectivity index (χ3v) is 5.37. The van der Waals surface area contributed by atoms with Gasteiger partial charge in [0.2, 0.25) is 0 Å². The van der Waals surface area contributed by atoms with Gasteiger partial charge in [-0.25, -0.2) is 13.4 Å². The highest BCUT2D eigenvalue weighted by atomic mass is 32.2. The van der Waals surface area contributed by atoms with Crippen molar-refractivity contribution in [2.45, 2.75) is 11.8 Å². The van der Waals surface area contributed by atoms with Gasteiger partial charge in [0, 0.05) is 11.8 Å². The first-order chi connectivity index (χ1) is 10.8. The molecule has 1 amide bonds. The number of hydrogen-bond acceptors (Lipinski definition) is 5. The first-order valence-electron chi connectivity index (χ1n) is 6.81. The Kier molecular flexibility index (Phi) is 3.91. The van der Waals surface area contributed by atoms with Gasteiger partial charge < -0.3 is 0 Å². The van der Waals surface area contributed by atoms with Crippen LogP contribution in [0.5, 0.6) is 0 Å². The van der Waals surface area contributed by atoms with Crippen LogP contribution < -0.4 is 5.32 Å². The normalized spacial score (nSPS) is 11.6. The minimum atomic E-state index is -3.26. The summed E-state index contributed by atoms with van der Waals surface area (Å²) in [6.45, 7) is 1.95. The topological polar surface area (TPSA) is 76.1 Å². The lowest BCUT2D eigenvalue weighted by Gasteiger charge is -2.01. The number of hydrogen-bond donors (Lipinski definition) is 1. The van der Waals surface area contributed by atoms with Crippen molar-refractivity contribution in [3.05, 3.63) is 53.6 Å². The van der Waals surface area contributed by atoms with Crippen LogP contribution in [-0.2, 0) is 9.84 Å². The van der Waals surface area contributed by atoms with E-state index in [9.17, 15) is 13.2 Å². The van der Waals surface area contributed by atoms with Gasteiger partial charge in [0.1, 0.15) is 0 Å². The number of carbonyl (C=O) groups excluding carboxylic acids is 1. The molecular formula is C16H14N2O3S2. The number of fused-ring (bicyclic) bond motifs is 1. The van der Waals surface area contributed by atoms with Crippen LogP contribution in [0.15, 0.2) is 47.4 Å². The number of nitrogens with one attached hydrogen (secondary N) is 1. The molecule has 0 fully saturated rings. The van der Waals surface area contributed by atoms with Gasteiger partial charge in [0.15, 0.2) is 15.0 Å². The molecule has 0 radical (unpaired) electrons. The van der Waals surface area contributed by atoms with Crippen LogP contribution in [0, 0.1) is 6.92 Å². The number of aromatic nitrogens is 1. The van der Waals surface area contributed by atoms with Crippen LogP contribution in [0.1, 0.15) is 15.9 Å². The quantitative estimate of drug-likeness (QED) is 0.790. The number of carbonyl (C=O) groups is 1. The molecule has 0 atom stereocenters. The Bertz CT molecular complexity index is 990. The monoisotopic (exact) mass is 346 g/mol. The van der Waals surface area contributed by atoms with Crippen molar-refractivity contribution < 1.29 is 13.2 Å². The Labute approximate surface area is 137 Å². The van der Waals surface area contributed by atoms with E-state index in [2.05, 4.69) is 10.3 Å². The van der Waals surface area contributed by atoms with Crippen LogP contribution in [0.2, 0.25) is 0 Å². The highest BCUT2D eigenvalue weighted by Gasteiger charge is 2.13. The van der Waals surface area contributed by atoms with E-state index in [-0.39, 0.29) is 10.8 Å². The second kappa shape index (κ2) is 5.75. The minimum absolute atomic E-state index is 0.241. The number of aryl methyl sites for hydroxylation is 1. The molecule has 0 saturated heterocycles. The van der Waals surface area contributed by atoms with Gasteiger partial charge in [-0.05, 0) is 37.3 Å². The molecule has 0 saturated carbocycles. The zero-order chi connectivity index (χ0) is 16.6. The van der Waals surface area contributed by atoms with Gasteiger partial charge in [-0.2, -0.15) is 0 Å². The first-order valence-corrected chi connectivity index (χ1v) is 9.52. The van der Waals surface area contributed by atoms with Crippen LogP contribution in [0.4, 0.5) is 5.13 Å². The Morgan fingerprint density at radius 2 is 1.83 bits per heavy atom. The summed E-state index contributed by atoms with van der Waals surface area (Å²) in [6.07, 6.45) is 1.16. The largest absolute Gasteiger partial charge is 0.298 e. The molecule has 1 N–H and O–H groups in total. The fourth-order valence-electron chi connectivity index (χ4n) is 2.06. The highest BCUT2D eigenvalue weighted by Crippen LogP contribution is 2.28. The number of amides is 1. The summed E-state index contributed by atoms with van der Waals surface area (Å²) in [6, 6.07) is 12.0. The predicted octanol–water partition coefficient (Wildman–Crippen LogP) is 3.26. The number of anilines is 1. The molecule has 2 aromatic carbocycles. The van der Waals surface area contributed by atoms with Gasteiger partial charge in [-0.15, -0.1) is 0 Å². The molecule has 0 bridgehead atoms. The molecule has 1 aromatic heterocycles. The van der Waals surface area contributed by atoms with Crippen LogP contribution in [0.25, 0.3) is 10.2 Å². The highest BCUT2D eigenvalue weighted by molar-refractivity contribution is 7.90. The predicted molar refractivity (Wildman–Crippen MR) is 91.9 cm³/mol. The average Bonchev–Trinajstić information content (AvgIpc) is 2.88. The number of benzene rings is 2. The summed E-state index contributed by atoms with van der Waals surface area (Å²) >= 11 is 1.25. The summed E-state index contributed by atoms with van der Waals surface area (Å²) in [5.74, 6) is -0.243. The third kappa shape index (κ3) is 3.40. The van der Waals surface area contributed by atoms with E-state index in [1.807, 2.05) is 19.1 Å². The van der Waals surface area contributed by atoms with E-state index in [1.165, 1.54) is 17.4 Å². The minimum Gasteiger partial charge on any atom is -0.298 e. The molecule has 5 nitrogen and oxygen atoms in total. The van der Waals surface area contributed by atoms with Gasteiger partial charge in [-0.3, -0.25) is 10.1 Å². The molecule has 1 heterocycles. The van der Waals surface area contributed by atoms with Gasteiger partial charge in [0.25, 0.3) is 5.91 Å². The molecule has 118 valence electrons. The Hall–Kier alpha value is -2.25. The van der Waals surface area contributed by atoms with Crippen LogP contribution >= 0.6 is 11.3 Å². The maximum absolute atomic E-state index is 12.2. The molecule has 0 aliphatic rings. The first kappa shape index (κ1) is 15.6. The maximum atomic E-state index is 12.2. The van der Waals surface area contributed by atoms with Crippen molar-refractivity contribution in [1.82, 2.24) is 4.98 Å². The van der Waals surface area contributed by atoms with Gasteiger partial charge >= 0.3 is 0 Å². The number of rotatable bonds is 3. The van der Waals surface area contributed by atoms with Crippen LogP contribution in [0.3, 0.4) is 0 Å². The molecule has 7 heteroatoms. The van der Waals surface area contributed by atoms with Crippen molar-refractivity contribution in [3.63, 3.8) is 0 Å². The van der Waals surface area contributed by atoms with E-state index in [0.29, 0.717) is 20.9 Å². The van der Waals surface area contributed by atoms with Crippen molar-refractivity contribution in [3.8, 4) is 0 Å². The summed E-state index contributed by atoms with van der Waals surface area (Å²) in [7, 11) is -3.26. The van der Waals surface area contributed by atoms with E-state index in [1.54, 1.807) is 24.3 Å². The SMILES string of the molecule is Cc1ccc(C(=O)Nc2nc3ccc(S(C)(=O)=O)cc3s2)cc1. The lowest BCUT2D eigenvalue weighted by Crippen LogP contribution is -2.11. The smallest absolute Gasteiger partial charge is 0.257 e. The zero-order valence-electron chi connectivity index (χ0n) is 12.5. The lowest BCUT2D eigenvalue weighted by molar-refractivity contribution is 0.102. The van der Waals surface area contributed by atoms with Crippen molar-refractivity contribution >= 4 is 42.4 Å². The average molecular weight is 346 g/mol. The fourth-order valence-corrected chi connectivity index (χ4v) is 3.69. The molecule has 3 aromatic rings. The van der Waals surface area contributed by atoms with E-state index in [4.69, 9.17) is 0 Å². The van der Waals surface area contributed by atoms with Crippen molar-refractivity contribution in [2.24, 2.45) is 0 Å². The third-order valence-electron chi connectivity index (χ3n) is 3.32. The molecule has 3 rings (SSSR count). The standard InChI is InChI=1S/C16H14N2O3S2/c1-10-3-5-11(6-4-10)15(19)18-16-17-13-8-7-12(23(2,20)21)9-14(13)22-16/h3-9H,1-2H3,(H,17,18,19). The molecule has 0 spiro atoms. The van der Waals surface area contributed by atoms with E-state index >= 15 is 0 Å². The maximum Gasteiger partial charge on any atom is 0.257 e. The Balaban J connectivity index is 1.89. The second-order valence-electron chi connectivity index (χ2n) is 5.24. The van der Waals surface area contributed by atoms with Crippen LogP contribution in [-0.4, -0.2) is 25.6 Å². The molecule has 0 aliphatic heterocycles.